The minimum Gasteiger partial charge on any atom is -0.380 e. The first-order valence-electron chi connectivity index (χ1n) is 6.15. The number of nitrogens with one attached hydrogen (secondary N) is 1. The normalized spacial score (nSPS) is 14.0. The first kappa shape index (κ1) is 14.7. The van der Waals surface area contributed by atoms with Gasteiger partial charge in [-0.15, -0.1) is 0 Å². The fourth-order valence-corrected chi connectivity index (χ4v) is 1.59. The highest BCUT2D eigenvalue weighted by atomic mass is 16.5. The van der Waals surface area contributed by atoms with Gasteiger partial charge in [0.15, 0.2) is 0 Å². The Morgan fingerprint density at radius 1 is 1.50 bits per heavy atom. The van der Waals surface area contributed by atoms with Gasteiger partial charge in [0.1, 0.15) is 0 Å². The lowest BCUT2D eigenvalue weighted by atomic mass is 9.86. The zero-order valence-corrected chi connectivity index (χ0v) is 11.3. The molecule has 1 rings (SSSR count). The zero-order valence-electron chi connectivity index (χ0n) is 11.3. The Hall–Kier alpha value is -1.39. The van der Waals surface area contributed by atoms with Crippen molar-refractivity contribution in [2.75, 3.05) is 19.0 Å². The second kappa shape index (κ2) is 6.52. The molecule has 4 heteroatoms. The fraction of sp³-hybridized carbons (Fsp3) is 0.500. The highest BCUT2D eigenvalue weighted by Gasteiger charge is 2.29. The van der Waals surface area contributed by atoms with E-state index in [9.17, 15) is 4.79 Å². The van der Waals surface area contributed by atoms with Gasteiger partial charge in [0.2, 0.25) is 5.91 Å². The van der Waals surface area contributed by atoms with E-state index in [-0.39, 0.29) is 5.91 Å². The van der Waals surface area contributed by atoms with E-state index in [1.807, 2.05) is 38.1 Å². The van der Waals surface area contributed by atoms with Gasteiger partial charge in [-0.25, -0.2) is 0 Å². The molecule has 0 saturated carbocycles. The summed E-state index contributed by atoms with van der Waals surface area (Å²) in [7, 11) is 1.65. The third-order valence-electron chi connectivity index (χ3n) is 3.27. The molecular weight excluding hydrogens is 228 g/mol. The van der Waals surface area contributed by atoms with E-state index in [0.717, 1.165) is 11.3 Å². The summed E-state index contributed by atoms with van der Waals surface area (Å²) in [5.41, 5.74) is 6.96. The fourth-order valence-electron chi connectivity index (χ4n) is 1.59. The van der Waals surface area contributed by atoms with Crippen LogP contribution in [0.4, 0.5) is 5.69 Å². The lowest BCUT2D eigenvalue weighted by Crippen LogP contribution is -2.39. The highest BCUT2D eigenvalue weighted by Crippen LogP contribution is 2.22. The Kier molecular flexibility index (Phi) is 5.31. The molecule has 0 aliphatic carbocycles. The Bertz CT molecular complexity index is 401. The molecule has 4 nitrogen and oxygen atoms in total. The van der Waals surface area contributed by atoms with Crippen LogP contribution in [-0.4, -0.2) is 19.6 Å². The van der Waals surface area contributed by atoms with E-state index < -0.39 is 5.41 Å². The van der Waals surface area contributed by atoms with Crippen molar-refractivity contribution in [3.05, 3.63) is 29.8 Å². The van der Waals surface area contributed by atoms with Crippen molar-refractivity contribution >= 4 is 11.6 Å². The van der Waals surface area contributed by atoms with Crippen molar-refractivity contribution in [1.82, 2.24) is 0 Å². The van der Waals surface area contributed by atoms with E-state index in [2.05, 4.69) is 5.32 Å². The van der Waals surface area contributed by atoms with Crippen molar-refractivity contribution in [3.63, 3.8) is 0 Å². The summed E-state index contributed by atoms with van der Waals surface area (Å²) in [4.78, 5) is 12.1. The maximum absolute atomic E-state index is 12.1. The molecule has 1 aromatic rings. The number of carbonyl (C=O) groups is 1. The lowest BCUT2D eigenvalue weighted by molar-refractivity contribution is -0.124. The number of amides is 1. The van der Waals surface area contributed by atoms with Crippen LogP contribution in [0.25, 0.3) is 0 Å². The topological polar surface area (TPSA) is 64.4 Å². The van der Waals surface area contributed by atoms with E-state index in [1.54, 1.807) is 7.11 Å². The number of methoxy groups -OCH3 is 1. The summed E-state index contributed by atoms with van der Waals surface area (Å²) in [6.45, 7) is 4.72. The van der Waals surface area contributed by atoms with E-state index >= 15 is 0 Å². The number of carbonyl (C=O) groups excluding carboxylic acids is 1. The van der Waals surface area contributed by atoms with Crippen LogP contribution in [0.2, 0.25) is 0 Å². The summed E-state index contributed by atoms with van der Waals surface area (Å²) in [5.74, 6) is -0.0398. The molecule has 0 saturated heterocycles. The third kappa shape index (κ3) is 3.55. The second-order valence-corrected chi connectivity index (χ2v) is 4.71. The van der Waals surface area contributed by atoms with Crippen LogP contribution >= 0.6 is 0 Å². The summed E-state index contributed by atoms with van der Waals surface area (Å²) in [6, 6.07) is 7.63. The number of benzene rings is 1. The molecule has 1 unspecified atom stereocenters. The minimum absolute atomic E-state index is 0.0398. The monoisotopic (exact) mass is 250 g/mol. The summed E-state index contributed by atoms with van der Waals surface area (Å²) < 4.78 is 5.06. The molecule has 18 heavy (non-hydrogen) atoms. The van der Waals surface area contributed by atoms with Gasteiger partial charge in [-0.3, -0.25) is 4.79 Å². The number of anilines is 1. The molecule has 0 heterocycles. The molecule has 1 aromatic carbocycles. The van der Waals surface area contributed by atoms with Crippen LogP contribution in [0.3, 0.4) is 0 Å². The predicted octanol–water partition coefficient (Wildman–Crippen LogP) is 2.15. The lowest BCUT2D eigenvalue weighted by Gasteiger charge is -2.25. The molecule has 0 aromatic heterocycles. The van der Waals surface area contributed by atoms with Crippen LogP contribution in [0, 0.1) is 5.41 Å². The van der Waals surface area contributed by atoms with E-state index in [1.165, 1.54) is 0 Å². The first-order chi connectivity index (χ1) is 8.55. The quantitative estimate of drug-likeness (QED) is 0.813. The van der Waals surface area contributed by atoms with Gasteiger partial charge in [0.05, 0.1) is 12.0 Å². The largest absolute Gasteiger partial charge is 0.380 e. The number of hydrogen-bond donors (Lipinski definition) is 2. The standard InChI is InChI=1S/C14H22N2O2/c1-4-14(2,10-15)13(17)16-12-7-5-6-11(8-12)9-18-3/h5-8H,4,9-10,15H2,1-3H3,(H,16,17). The molecule has 0 spiro atoms. The van der Waals surface area contributed by atoms with Crippen molar-refractivity contribution in [2.45, 2.75) is 26.9 Å². The van der Waals surface area contributed by atoms with Crippen LogP contribution < -0.4 is 11.1 Å². The average molecular weight is 250 g/mol. The van der Waals surface area contributed by atoms with Crippen molar-refractivity contribution in [2.24, 2.45) is 11.1 Å². The van der Waals surface area contributed by atoms with Gasteiger partial charge in [-0.2, -0.15) is 0 Å². The van der Waals surface area contributed by atoms with Crippen LogP contribution in [-0.2, 0) is 16.1 Å². The molecule has 3 N–H and O–H groups in total. The highest BCUT2D eigenvalue weighted by molar-refractivity contribution is 5.95. The maximum atomic E-state index is 12.1. The molecule has 0 aliphatic heterocycles. The number of hydrogen-bond acceptors (Lipinski definition) is 3. The van der Waals surface area contributed by atoms with Crippen LogP contribution in [0.5, 0.6) is 0 Å². The molecule has 1 amide bonds. The summed E-state index contributed by atoms with van der Waals surface area (Å²) >= 11 is 0. The molecular formula is C14H22N2O2. The van der Waals surface area contributed by atoms with Crippen molar-refractivity contribution in [1.29, 1.82) is 0 Å². The molecule has 0 radical (unpaired) electrons. The van der Waals surface area contributed by atoms with Crippen LogP contribution in [0.15, 0.2) is 24.3 Å². The molecule has 1 atom stereocenters. The number of nitrogens with two attached hydrogens (primary N) is 1. The van der Waals surface area contributed by atoms with Gasteiger partial charge in [0, 0.05) is 19.3 Å². The van der Waals surface area contributed by atoms with Gasteiger partial charge in [0.25, 0.3) is 0 Å². The first-order valence-corrected chi connectivity index (χ1v) is 6.15. The van der Waals surface area contributed by atoms with Crippen molar-refractivity contribution in [3.8, 4) is 0 Å². The van der Waals surface area contributed by atoms with E-state index in [0.29, 0.717) is 19.6 Å². The minimum atomic E-state index is -0.517. The van der Waals surface area contributed by atoms with Gasteiger partial charge in [-0.1, -0.05) is 19.1 Å². The molecule has 0 fully saturated rings. The SMILES string of the molecule is CCC(C)(CN)C(=O)Nc1cccc(COC)c1. The van der Waals surface area contributed by atoms with Crippen molar-refractivity contribution < 1.29 is 9.53 Å². The van der Waals surface area contributed by atoms with E-state index in [4.69, 9.17) is 10.5 Å². The third-order valence-corrected chi connectivity index (χ3v) is 3.27. The van der Waals surface area contributed by atoms with Crippen LogP contribution in [0.1, 0.15) is 25.8 Å². The number of rotatable bonds is 6. The Balaban J connectivity index is 2.78. The number of ether oxygens (including phenoxy) is 1. The smallest absolute Gasteiger partial charge is 0.231 e. The average Bonchev–Trinajstić information content (AvgIpc) is 2.38. The Morgan fingerprint density at radius 3 is 2.78 bits per heavy atom. The Morgan fingerprint density at radius 2 is 2.22 bits per heavy atom. The predicted molar refractivity (Wildman–Crippen MR) is 73.2 cm³/mol. The summed E-state index contributed by atoms with van der Waals surface area (Å²) in [6.07, 6.45) is 0.715. The Labute approximate surface area is 109 Å². The van der Waals surface area contributed by atoms with Gasteiger partial charge < -0.3 is 15.8 Å². The molecule has 100 valence electrons. The van der Waals surface area contributed by atoms with Gasteiger partial charge in [-0.05, 0) is 31.0 Å². The second-order valence-electron chi connectivity index (χ2n) is 4.71. The summed E-state index contributed by atoms with van der Waals surface area (Å²) in [5, 5.41) is 2.91. The zero-order chi connectivity index (χ0) is 13.6. The molecule has 0 bridgehead atoms. The molecule has 0 aliphatic rings. The van der Waals surface area contributed by atoms with Gasteiger partial charge >= 0.3 is 0 Å². The maximum Gasteiger partial charge on any atom is 0.231 e.